The number of aliphatic hydroxyl groups is 2. The van der Waals surface area contributed by atoms with E-state index in [2.05, 4.69) is 4.52 Å². The molecule has 0 aliphatic carbocycles. The lowest BCUT2D eigenvalue weighted by atomic mass is 10.1. The first-order valence-electron chi connectivity index (χ1n) is 7.88. The maximum Gasteiger partial charge on any atom is 0.525 e. The number of rotatable bonds is 9. The van der Waals surface area contributed by atoms with Gasteiger partial charge in [0.25, 0.3) is 5.76 Å². The third-order valence-corrected chi connectivity index (χ3v) is 3.63. The van der Waals surface area contributed by atoms with E-state index in [4.69, 9.17) is 24.0 Å². The molecule has 1 aliphatic rings. The summed E-state index contributed by atoms with van der Waals surface area (Å²) in [6.07, 6.45) is -2.85. The van der Waals surface area contributed by atoms with Crippen molar-refractivity contribution in [2.45, 2.75) is 31.7 Å². The van der Waals surface area contributed by atoms with Gasteiger partial charge in [-0.1, -0.05) is 18.2 Å². The van der Waals surface area contributed by atoms with Crippen LogP contribution < -0.4 is 4.74 Å². The molecule has 0 saturated heterocycles. The predicted molar refractivity (Wildman–Crippen MR) is 90.2 cm³/mol. The minimum absolute atomic E-state index is 0.305. The van der Waals surface area contributed by atoms with Crippen LogP contribution in [0, 0.1) is 0 Å². The zero-order valence-corrected chi connectivity index (χ0v) is 15.5. The lowest BCUT2D eigenvalue weighted by molar-refractivity contribution is -0.148. The molecule has 0 saturated carbocycles. The number of carbonyl (C=O) groups is 1. The Morgan fingerprint density at radius 3 is 2.41 bits per heavy atom. The van der Waals surface area contributed by atoms with Gasteiger partial charge in [-0.05, 0) is 26.0 Å². The van der Waals surface area contributed by atoms with E-state index < -0.39 is 43.1 Å². The summed E-state index contributed by atoms with van der Waals surface area (Å²) in [7, 11) is -5.09. The highest BCUT2D eigenvalue weighted by Gasteiger charge is 2.45. The highest BCUT2D eigenvalue weighted by atomic mass is 31.2. The monoisotopic (exact) mass is 404 g/mol. The van der Waals surface area contributed by atoms with Crippen molar-refractivity contribution < 1.29 is 48.1 Å². The van der Waals surface area contributed by atoms with Gasteiger partial charge in [-0.2, -0.15) is 0 Å². The summed E-state index contributed by atoms with van der Waals surface area (Å²) in [4.78, 5) is 29.9. The molecule has 1 aliphatic heterocycles. The first kappa shape index (κ1) is 21.2. The molecule has 1 aromatic carbocycles. The smallest absolute Gasteiger partial charge is 0.491 e. The summed E-state index contributed by atoms with van der Waals surface area (Å²) in [5, 5.41) is 20.1. The minimum atomic E-state index is -5.09. The number of phosphoric acid groups is 1. The van der Waals surface area contributed by atoms with Gasteiger partial charge in [0.05, 0.1) is 5.60 Å². The number of para-hydroxylation sites is 1. The molecule has 11 heteroatoms. The minimum Gasteiger partial charge on any atom is -0.491 e. The van der Waals surface area contributed by atoms with Crippen LogP contribution in [0.3, 0.4) is 0 Å². The van der Waals surface area contributed by atoms with Gasteiger partial charge in [-0.3, -0.25) is 9.79 Å². The van der Waals surface area contributed by atoms with Crippen molar-refractivity contribution in [2.75, 3.05) is 13.2 Å². The molecule has 27 heavy (non-hydrogen) atoms. The van der Waals surface area contributed by atoms with Gasteiger partial charge in [0.15, 0.2) is 11.9 Å². The van der Waals surface area contributed by atoms with Crippen molar-refractivity contribution in [3.05, 3.63) is 41.9 Å². The van der Waals surface area contributed by atoms with Gasteiger partial charge in [0.1, 0.15) is 25.1 Å². The molecular weight excluding hydrogens is 383 g/mol. The molecule has 0 bridgehead atoms. The fourth-order valence-electron chi connectivity index (χ4n) is 2.09. The number of cyclic esters (lactones) is 1. The average molecular weight is 404 g/mol. The summed E-state index contributed by atoms with van der Waals surface area (Å²) in [5.41, 5.74) is -1.33. The van der Waals surface area contributed by atoms with Crippen LogP contribution in [0.15, 0.2) is 41.9 Å². The van der Waals surface area contributed by atoms with Crippen LogP contribution in [-0.4, -0.2) is 57.0 Å². The summed E-state index contributed by atoms with van der Waals surface area (Å²) in [6.45, 7) is 2.17. The molecule has 10 nitrogen and oxygen atoms in total. The third-order valence-electron chi connectivity index (χ3n) is 3.21. The molecule has 2 rings (SSSR count). The van der Waals surface area contributed by atoms with Crippen LogP contribution in [0.4, 0.5) is 0 Å². The molecule has 150 valence electrons. The van der Waals surface area contributed by atoms with Gasteiger partial charge in [-0.25, -0.2) is 9.36 Å². The summed E-state index contributed by atoms with van der Waals surface area (Å²) < 4.78 is 31.0. The Bertz CT molecular complexity index is 733. The van der Waals surface area contributed by atoms with Crippen LogP contribution in [0.25, 0.3) is 0 Å². The largest absolute Gasteiger partial charge is 0.525 e. The van der Waals surface area contributed by atoms with Crippen molar-refractivity contribution in [3.63, 3.8) is 0 Å². The molecule has 1 aromatic rings. The number of esters is 1. The highest BCUT2D eigenvalue weighted by Crippen LogP contribution is 2.43. The van der Waals surface area contributed by atoms with E-state index in [0.29, 0.717) is 5.75 Å². The highest BCUT2D eigenvalue weighted by molar-refractivity contribution is 7.46. The molecule has 0 fully saturated rings. The number of phosphoric ester groups is 1. The Morgan fingerprint density at radius 2 is 1.85 bits per heavy atom. The quantitative estimate of drug-likeness (QED) is 0.337. The molecule has 0 spiro atoms. The van der Waals surface area contributed by atoms with Gasteiger partial charge in [0, 0.05) is 0 Å². The van der Waals surface area contributed by atoms with Crippen molar-refractivity contribution in [3.8, 4) is 5.75 Å². The molecule has 0 aromatic heterocycles. The van der Waals surface area contributed by atoms with Gasteiger partial charge < -0.3 is 28.9 Å². The molecule has 4 N–H and O–H groups in total. The standard InChI is InChI=1S/C16H21O10P/c1-16(2,19)9-24-13-12(25-15(18)14(13)26-27(20,21)22)11(17)8-23-10-6-4-3-5-7-10/h3-7,11-12,17,19H,8-9H2,1-2H3,(H2,20,21,22)/t11-,12+/m0/s1. The van der Waals surface area contributed by atoms with Crippen LogP contribution in [0.2, 0.25) is 0 Å². The van der Waals surface area contributed by atoms with Crippen LogP contribution >= 0.6 is 7.82 Å². The third kappa shape index (κ3) is 6.53. The van der Waals surface area contributed by atoms with Crippen molar-refractivity contribution >= 4 is 13.8 Å². The predicted octanol–water partition coefficient (Wildman–Crippen LogP) is 0.460. The second kappa shape index (κ2) is 8.28. The number of benzene rings is 1. The van der Waals surface area contributed by atoms with E-state index in [1.807, 2.05) is 0 Å². The lowest BCUT2D eigenvalue weighted by Gasteiger charge is -2.23. The first-order chi connectivity index (χ1) is 12.5. The van der Waals surface area contributed by atoms with Gasteiger partial charge in [0.2, 0.25) is 0 Å². The number of aliphatic hydroxyl groups excluding tert-OH is 1. The Morgan fingerprint density at radius 1 is 1.22 bits per heavy atom. The van der Waals surface area contributed by atoms with E-state index in [1.165, 1.54) is 13.8 Å². The van der Waals surface area contributed by atoms with E-state index in [9.17, 15) is 19.6 Å². The number of ether oxygens (including phenoxy) is 3. The Kier molecular flexibility index (Phi) is 6.50. The van der Waals surface area contributed by atoms with E-state index in [0.717, 1.165) is 0 Å². The average Bonchev–Trinajstić information content (AvgIpc) is 2.85. The maximum atomic E-state index is 11.9. The zero-order chi connectivity index (χ0) is 20.2. The second-order valence-corrected chi connectivity index (χ2v) is 7.56. The molecule has 0 unspecified atom stereocenters. The van der Waals surface area contributed by atoms with Crippen molar-refractivity contribution in [1.29, 1.82) is 0 Å². The molecule has 1 heterocycles. The van der Waals surface area contributed by atoms with E-state index in [1.54, 1.807) is 30.3 Å². The van der Waals surface area contributed by atoms with Crippen LogP contribution in [0.5, 0.6) is 5.75 Å². The maximum absolute atomic E-state index is 11.9. The SMILES string of the molecule is CC(C)(O)COC1=C(OP(=O)(O)O)C(=O)O[C@@H]1[C@@H](O)COc1ccccc1. The Hall–Kier alpha value is -2.10. The van der Waals surface area contributed by atoms with Crippen LogP contribution in [-0.2, 0) is 23.4 Å². The zero-order valence-electron chi connectivity index (χ0n) is 14.6. The summed E-state index contributed by atoms with van der Waals surface area (Å²) in [5.74, 6) is -2.06. The van der Waals surface area contributed by atoms with E-state index >= 15 is 0 Å². The van der Waals surface area contributed by atoms with E-state index in [-0.39, 0.29) is 13.2 Å². The van der Waals surface area contributed by atoms with Gasteiger partial charge in [-0.15, -0.1) is 0 Å². The fraction of sp³-hybridized carbons (Fsp3) is 0.438. The topological polar surface area (TPSA) is 152 Å². The molecular formula is C16H21O10P. The van der Waals surface area contributed by atoms with Crippen molar-refractivity contribution in [2.24, 2.45) is 0 Å². The molecule has 2 atom stereocenters. The van der Waals surface area contributed by atoms with Crippen LogP contribution in [0.1, 0.15) is 13.8 Å². The Balaban J connectivity index is 2.18. The van der Waals surface area contributed by atoms with Crippen molar-refractivity contribution in [1.82, 2.24) is 0 Å². The van der Waals surface area contributed by atoms with Gasteiger partial charge >= 0.3 is 13.8 Å². The lowest BCUT2D eigenvalue weighted by Crippen LogP contribution is -2.36. The Labute approximate surface area is 155 Å². The first-order valence-corrected chi connectivity index (χ1v) is 9.41. The second-order valence-electron chi connectivity index (χ2n) is 6.39. The molecule has 0 amide bonds. The normalized spacial score (nSPS) is 18.9. The molecule has 0 radical (unpaired) electrons. The summed E-state index contributed by atoms with van der Waals surface area (Å²) >= 11 is 0. The fourth-order valence-corrected chi connectivity index (χ4v) is 2.50. The number of hydrogen-bond acceptors (Lipinski definition) is 8. The number of carbonyl (C=O) groups excluding carboxylic acids is 1. The summed E-state index contributed by atoms with van der Waals surface area (Å²) in [6, 6.07) is 8.52. The number of hydrogen-bond donors (Lipinski definition) is 4.